The molecule has 0 radical (unpaired) electrons. The number of hydrogen-bond donors (Lipinski definition) is 1. The summed E-state index contributed by atoms with van der Waals surface area (Å²) in [4.78, 5) is 10.5. The van der Waals surface area contributed by atoms with Crippen molar-refractivity contribution in [3.05, 3.63) is 33.4 Å². The zero-order valence-electron chi connectivity index (χ0n) is 12.5. The Balaban J connectivity index is 0.00000242. The molecule has 22 heavy (non-hydrogen) atoms. The van der Waals surface area contributed by atoms with Gasteiger partial charge in [0.2, 0.25) is 10.0 Å². The zero-order valence-corrected chi connectivity index (χ0v) is 14.1. The van der Waals surface area contributed by atoms with Crippen molar-refractivity contribution < 1.29 is 13.3 Å². The van der Waals surface area contributed by atoms with Crippen molar-refractivity contribution in [3.63, 3.8) is 0 Å². The van der Waals surface area contributed by atoms with E-state index in [2.05, 4.69) is 0 Å². The van der Waals surface area contributed by atoms with Gasteiger partial charge >= 0.3 is 0 Å². The van der Waals surface area contributed by atoms with E-state index in [-0.39, 0.29) is 28.9 Å². The molecule has 2 N–H and O–H groups in total. The van der Waals surface area contributed by atoms with Crippen LogP contribution in [0.25, 0.3) is 0 Å². The number of aryl methyl sites for hydroxylation is 2. The highest BCUT2D eigenvalue weighted by molar-refractivity contribution is 7.89. The molecule has 0 amide bonds. The molecule has 0 saturated carbocycles. The van der Waals surface area contributed by atoms with Gasteiger partial charge in [0, 0.05) is 25.2 Å². The highest BCUT2D eigenvalue weighted by Crippen LogP contribution is 2.30. The van der Waals surface area contributed by atoms with E-state index in [0.29, 0.717) is 30.8 Å². The van der Waals surface area contributed by atoms with Crippen LogP contribution in [0.5, 0.6) is 0 Å². The number of nitrogens with zero attached hydrogens (tertiary/aromatic N) is 2. The van der Waals surface area contributed by atoms with Gasteiger partial charge in [0.25, 0.3) is 5.69 Å². The van der Waals surface area contributed by atoms with Crippen LogP contribution in [-0.2, 0) is 10.0 Å². The van der Waals surface area contributed by atoms with Crippen LogP contribution < -0.4 is 5.73 Å². The Morgan fingerprint density at radius 3 is 2.32 bits per heavy atom. The fraction of sp³-hybridized carbons (Fsp3) is 0.538. The minimum absolute atomic E-state index is 0. The lowest BCUT2D eigenvalue weighted by Crippen LogP contribution is -2.31. The average Bonchev–Trinajstić information content (AvgIpc) is 2.86. The summed E-state index contributed by atoms with van der Waals surface area (Å²) >= 11 is 0. The lowest BCUT2D eigenvalue weighted by molar-refractivity contribution is -0.385. The molecule has 0 bridgehead atoms. The number of benzene rings is 1. The zero-order chi connectivity index (χ0) is 15.8. The quantitative estimate of drug-likeness (QED) is 0.656. The molecule has 2 rings (SSSR count). The SMILES string of the molecule is Cc1cc([N+](=O)[O-])cc(C)c1S(=O)(=O)N1CCC(CN)C1.Cl. The van der Waals surface area contributed by atoms with Gasteiger partial charge in [0.1, 0.15) is 0 Å². The van der Waals surface area contributed by atoms with Crippen molar-refractivity contribution in [2.45, 2.75) is 25.2 Å². The highest BCUT2D eigenvalue weighted by atomic mass is 35.5. The van der Waals surface area contributed by atoms with Crippen LogP contribution in [0.2, 0.25) is 0 Å². The fourth-order valence-electron chi connectivity index (χ4n) is 2.78. The predicted octanol–water partition coefficient (Wildman–Crippen LogP) is 1.60. The Bertz CT molecular complexity index is 655. The normalized spacial score (nSPS) is 19.0. The van der Waals surface area contributed by atoms with E-state index in [1.54, 1.807) is 13.8 Å². The molecule has 1 aromatic carbocycles. The van der Waals surface area contributed by atoms with Crippen LogP contribution in [-0.4, -0.2) is 37.3 Å². The average molecular weight is 350 g/mol. The number of halogens is 1. The van der Waals surface area contributed by atoms with Crippen molar-refractivity contribution in [1.82, 2.24) is 4.31 Å². The van der Waals surface area contributed by atoms with Gasteiger partial charge in [-0.2, -0.15) is 4.31 Å². The molecule has 1 aliphatic rings. The largest absolute Gasteiger partial charge is 0.330 e. The van der Waals surface area contributed by atoms with Crippen LogP contribution in [0.3, 0.4) is 0 Å². The number of rotatable bonds is 4. The second-order valence-corrected chi connectivity index (χ2v) is 7.29. The van der Waals surface area contributed by atoms with Crippen LogP contribution in [0.4, 0.5) is 5.69 Å². The van der Waals surface area contributed by atoms with E-state index in [1.807, 2.05) is 0 Å². The Labute approximate surface area is 136 Å². The molecule has 1 atom stereocenters. The fourth-order valence-corrected chi connectivity index (χ4v) is 4.72. The maximum Gasteiger partial charge on any atom is 0.270 e. The third-order valence-corrected chi connectivity index (χ3v) is 6.01. The summed E-state index contributed by atoms with van der Waals surface area (Å²) in [5, 5.41) is 10.8. The molecule has 1 unspecified atom stereocenters. The maximum atomic E-state index is 12.7. The smallest absolute Gasteiger partial charge is 0.270 e. The molecule has 124 valence electrons. The summed E-state index contributed by atoms with van der Waals surface area (Å²) < 4.78 is 26.9. The molecule has 0 spiro atoms. The third kappa shape index (κ3) is 3.40. The molecule has 9 heteroatoms. The van der Waals surface area contributed by atoms with Gasteiger partial charge in [0.05, 0.1) is 9.82 Å². The topological polar surface area (TPSA) is 107 Å². The van der Waals surface area contributed by atoms with E-state index in [0.717, 1.165) is 6.42 Å². The van der Waals surface area contributed by atoms with E-state index in [4.69, 9.17) is 5.73 Å². The number of sulfonamides is 1. The molecule has 1 aromatic rings. The molecule has 7 nitrogen and oxygen atoms in total. The van der Waals surface area contributed by atoms with E-state index >= 15 is 0 Å². The van der Waals surface area contributed by atoms with E-state index in [1.165, 1.54) is 16.4 Å². The van der Waals surface area contributed by atoms with E-state index < -0.39 is 14.9 Å². The van der Waals surface area contributed by atoms with Gasteiger partial charge in [-0.15, -0.1) is 12.4 Å². The van der Waals surface area contributed by atoms with Crippen molar-refractivity contribution >= 4 is 28.1 Å². The Hall–Kier alpha value is -1.22. The van der Waals surface area contributed by atoms with Crippen molar-refractivity contribution in [1.29, 1.82) is 0 Å². The second kappa shape index (κ2) is 6.91. The number of hydrogen-bond acceptors (Lipinski definition) is 5. The van der Waals surface area contributed by atoms with Crippen LogP contribution in [0, 0.1) is 29.9 Å². The first-order valence-corrected chi connectivity index (χ1v) is 8.17. The van der Waals surface area contributed by atoms with Crippen molar-refractivity contribution in [2.75, 3.05) is 19.6 Å². The number of nitrogens with two attached hydrogens (primary N) is 1. The van der Waals surface area contributed by atoms with Gasteiger partial charge in [-0.3, -0.25) is 10.1 Å². The van der Waals surface area contributed by atoms with Crippen LogP contribution in [0.15, 0.2) is 17.0 Å². The lowest BCUT2D eigenvalue weighted by atomic mass is 10.1. The first-order chi connectivity index (χ1) is 9.77. The molecular formula is C13H20ClN3O4S. The van der Waals surface area contributed by atoms with Gasteiger partial charge in [-0.25, -0.2) is 8.42 Å². The predicted molar refractivity (Wildman–Crippen MR) is 85.7 cm³/mol. The summed E-state index contributed by atoms with van der Waals surface area (Å²) in [6.07, 6.45) is 0.751. The molecule has 1 heterocycles. The highest BCUT2D eigenvalue weighted by Gasteiger charge is 2.34. The first-order valence-electron chi connectivity index (χ1n) is 6.73. The number of nitro benzene ring substituents is 1. The summed E-state index contributed by atoms with van der Waals surface area (Å²) in [7, 11) is -3.63. The summed E-state index contributed by atoms with van der Waals surface area (Å²) in [6, 6.07) is 2.60. The second-order valence-electron chi connectivity index (χ2n) is 5.42. The monoisotopic (exact) mass is 349 g/mol. The molecule has 0 aromatic heterocycles. The third-order valence-electron chi connectivity index (χ3n) is 3.84. The number of non-ortho nitro benzene ring substituents is 1. The standard InChI is InChI=1S/C13H19N3O4S.ClH/c1-9-5-12(16(17)18)6-10(2)13(9)21(19,20)15-4-3-11(7-14)8-15;/h5-6,11H,3-4,7-8,14H2,1-2H3;1H. The number of nitro groups is 1. The van der Waals surface area contributed by atoms with Gasteiger partial charge < -0.3 is 5.73 Å². The molecule has 1 fully saturated rings. The molecule has 0 aliphatic carbocycles. The van der Waals surface area contributed by atoms with Crippen molar-refractivity contribution in [2.24, 2.45) is 11.7 Å². The van der Waals surface area contributed by atoms with Gasteiger partial charge in [0.15, 0.2) is 0 Å². The first kappa shape index (κ1) is 18.8. The Morgan fingerprint density at radius 1 is 1.36 bits per heavy atom. The molecule has 1 aliphatic heterocycles. The lowest BCUT2D eigenvalue weighted by Gasteiger charge is -2.19. The Morgan fingerprint density at radius 2 is 1.91 bits per heavy atom. The molecule has 1 saturated heterocycles. The minimum Gasteiger partial charge on any atom is -0.330 e. The van der Waals surface area contributed by atoms with E-state index in [9.17, 15) is 18.5 Å². The van der Waals surface area contributed by atoms with Gasteiger partial charge in [-0.1, -0.05) is 0 Å². The van der Waals surface area contributed by atoms with Crippen molar-refractivity contribution in [3.8, 4) is 0 Å². The maximum absolute atomic E-state index is 12.7. The summed E-state index contributed by atoms with van der Waals surface area (Å²) in [5.74, 6) is 0.179. The summed E-state index contributed by atoms with van der Waals surface area (Å²) in [6.45, 7) is 4.49. The minimum atomic E-state index is -3.63. The van der Waals surface area contributed by atoms with Crippen LogP contribution >= 0.6 is 12.4 Å². The summed E-state index contributed by atoms with van der Waals surface area (Å²) in [5.41, 5.74) is 6.30. The molecular weight excluding hydrogens is 330 g/mol. The van der Waals surface area contributed by atoms with Crippen LogP contribution in [0.1, 0.15) is 17.5 Å². The Kier molecular flexibility index (Phi) is 5.91. The van der Waals surface area contributed by atoms with Gasteiger partial charge in [-0.05, 0) is 43.9 Å².